The van der Waals surface area contributed by atoms with Crippen LogP contribution in [0.1, 0.15) is 0 Å². The van der Waals surface area contributed by atoms with E-state index in [2.05, 4.69) is 60.0 Å². The molecule has 1 N–H and O–H groups in total. The van der Waals surface area contributed by atoms with Gasteiger partial charge in [-0.25, -0.2) is 9.97 Å². The Labute approximate surface area is 203 Å². The van der Waals surface area contributed by atoms with Crippen LogP contribution in [-0.2, 0) is 0 Å². The Morgan fingerprint density at radius 2 is 1.77 bits per heavy atom. The number of hydrogen-bond acceptors (Lipinski definition) is 4. The first kappa shape index (κ1) is 28.0. The minimum Gasteiger partial charge on any atom is -1.00 e. The molecule has 0 amide bonds. The first-order valence-corrected chi connectivity index (χ1v) is 8.37. The molecule has 0 atom stereocenters. The Bertz CT molecular complexity index is 831. The third-order valence-corrected chi connectivity index (χ3v) is 4.13. The second kappa shape index (κ2) is 13.9. The summed E-state index contributed by atoms with van der Waals surface area (Å²) in [6.45, 7) is 7.00. The van der Waals surface area contributed by atoms with Gasteiger partial charge in [-0.15, -0.1) is 0 Å². The Kier molecular flexibility index (Phi) is 14.9. The van der Waals surface area contributed by atoms with Gasteiger partial charge in [0.15, 0.2) is 5.15 Å². The van der Waals surface area contributed by atoms with Crippen LogP contribution in [0.4, 0.5) is 5.69 Å². The molecule has 0 aliphatic carbocycles. The second-order valence-corrected chi connectivity index (χ2v) is 6.37. The van der Waals surface area contributed by atoms with Gasteiger partial charge in [-0.05, 0) is 37.9 Å². The van der Waals surface area contributed by atoms with Gasteiger partial charge in [0, 0.05) is 39.0 Å². The minimum absolute atomic E-state index is 0. The van der Waals surface area contributed by atoms with Gasteiger partial charge in [0.25, 0.3) is 0 Å². The Hall–Kier alpha value is -0.234. The van der Waals surface area contributed by atoms with Crippen molar-refractivity contribution in [1.82, 2.24) is 15.0 Å². The maximum absolute atomic E-state index is 10.2. The number of aromatic nitrogens is 3. The number of pyridine rings is 2. The first-order valence-electron chi connectivity index (χ1n) is 6.03. The van der Waals surface area contributed by atoms with Gasteiger partial charge in [-0.1, -0.05) is 23.2 Å². The van der Waals surface area contributed by atoms with E-state index in [-0.39, 0.29) is 50.9 Å². The SMILES string of the molecule is Clc1ncc(Br)c2cc[nH]c12.O=[N+]([O-])c1cc(Br)cnc1Cl.[Br-].[CH-]=C.[Mg+2]. The maximum Gasteiger partial charge on any atom is 2.00 e. The van der Waals surface area contributed by atoms with E-state index in [1.54, 1.807) is 6.20 Å². The van der Waals surface area contributed by atoms with Gasteiger partial charge in [0.2, 0.25) is 5.15 Å². The van der Waals surface area contributed by atoms with Crippen molar-refractivity contribution >= 4 is 94.7 Å². The Morgan fingerprint density at radius 1 is 1.19 bits per heavy atom. The fourth-order valence-corrected chi connectivity index (χ4v) is 2.66. The standard InChI is InChI=1S/C7H4BrClN2.C5H2BrClN2O2.C2H3.BrH.Mg/c8-5-3-11-7(9)6-4(5)1-2-10-6;6-3-1-4(9(10)11)5(7)8-2-3;1-2;;/h1-3,10H;1-2H;1H,2H2;1H;/q;;-1;;+2/p-1. The van der Waals surface area contributed by atoms with E-state index in [9.17, 15) is 10.1 Å². The molecule has 134 valence electrons. The molecule has 0 aliphatic rings. The van der Waals surface area contributed by atoms with Crippen molar-refractivity contribution < 1.29 is 21.9 Å². The van der Waals surface area contributed by atoms with E-state index < -0.39 is 4.92 Å². The van der Waals surface area contributed by atoms with Gasteiger partial charge in [0.05, 0.1) is 10.4 Å². The predicted molar refractivity (Wildman–Crippen MR) is 108 cm³/mol. The van der Waals surface area contributed by atoms with Gasteiger partial charge in [-0.2, -0.15) is 0 Å². The summed E-state index contributed by atoms with van der Waals surface area (Å²) in [5.74, 6) is 0. The maximum atomic E-state index is 10.2. The van der Waals surface area contributed by atoms with E-state index >= 15 is 0 Å². The fraction of sp³-hybridized carbons (Fsp3) is 0. The van der Waals surface area contributed by atoms with Crippen molar-refractivity contribution in [1.29, 1.82) is 0 Å². The van der Waals surface area contributed by atoms with Crippen LogP contribution < -0.4 is 17.0 Å². The summed E-state index contributed by atoms with van der Waals surface area (Å²) in [7, 11) is 0. The summed E-state index contributed by atoms with van der Waals surface area (Å²) in [6, 6.07) is 3.25. The summed E-state index contributed by atoms with van der Waals surface area (Å²) in [6.07, 6.45) is 4.93. The molecule has 0 aliphatic heterocycles. The van der Waals surface area contributed by atoms with E-state index in [4.69, 9.17) is 23.2 Å². The van der Waals surface area contributed by atoms with E-state index in [0.29, 0.717) is 9.63 Å². The number of H-pyrrole nitrogens is 1. The topological polar surface area (TPSA) is 84.7 Å². The van der Waals surface area contributed by atoms with Crippen LogP contribution in [0.15, 0.2) is 46.2 Å². The number of nitro groups is 1. The van der Waals surface area contributed by atoms with Crippen molar-refractivity contribution in [3.8, 4) is 0 Å². The van der Waals surface area contributed by atoms with Crippen LogP contribution in [0, 0.1) is 16.7 Å². The van der Waals surface area contributed by atoms with Crippen LogP contribution in [0.25, 0.3) is 10.9 Å². The quantitative estimate of drug-likeness (QED) is 0.153. The Balaban J connectivity index is 0. The number of nitrogens with zero attached hydrogens (tertiary/aromatic N) is 3. The number of aromatic amines is 1. The Morgan fingerprint density at radius 3 is 2.27 bits per heavy atom. The third-order valence-electron chi connectivity index (χ3n) is 2.49. The first-order chi connectivity index (χ1) is 11.4. The summed E-state index contributed by atoms with van der Waals surface area (Å²) in [5.41, 5.74) is 0.682. The van der Waals surface area contributed by atoms with E-state index in [0.717, 1.165) is 15.4 Å². The second-order valence-electron chi connectivity index (χ2n) is 3.88. The molecule has 3 heterocycles. The molecule has 0 radical (unpaired) electrons. The van der Waals surface area contributed by atoms with Crippen LogP contribution in [-0.4, -0.2) is 42.9 Å². The molecule has 12 heteroatoms. The molecule has 26 heavy (non-hydrogen) atoms. The molecule has 0 bridgehead atoms. The van der Waals surface area contributed by atoms with Crippen molar-refractivity contribution in [2.24, 2.45) is 0 Å². The molecule has 0 saturated carbocycles. The average Bonchev–Trinajstić information content (AvgIpc) is 3.07. The summed E-state index contributed by atoms with van der Waals surface area (Å²) >= 11 is 17.6. The molecular weight excluding hydrogens is 591 g/mol. The van der Waals surface area contributed by atoms with E-state index in [1.165, 1.54) is 12.3 Å². The molecule has 0 fully saturated rings. The van der Waals surface area contributed by atoms with Crippen molar-refractivity contribution in [2.75, 3.05) is 0 Å². The monoisotopic (exact) mass is 596 g/mol. The predicted octanol–water partition coefficient (Wildman–Crippen LogP) is 2.61. The van der Waals surface area contributed by atoms with Crippen molar-refractivity contribution in [3.05, 3.63) is 73.2 Å². The van der Waals surface area contributed by atoms with Crippen LogP contribution in [0.3, 0.4) is 0 Å². The van der Waals surface area contributed by atoms with E-state index in [1.807, 2.05) is 12.3 Å². The molecule has 3 aromatic rings. The van der Waals surface area contributed by atoms with Gasteiger partial charge < -0.3 is 28.5 Å². The minimum atomic E-state index is -0.583. The van der Waals surface area contributed by atoms with Gasteiger partial charge in [-0.3, -0.25) is 16.7 Å². The largest absolute Gasteiger partial charge is 2.00 e. The average molecular weight is 600 g/mol. The van der Waals surface area contributed by atoms with Gasteiger partial charge >= 0.3 is 28.7 Å². The number of halogens is 5. The molecule has 3 aromatic heterocycles. The number of rotatable bonds is 1. The zero-order valence-corrected chi connectivity index (χ0v) is 20.6. The summed E-state index contributed by atoms with van der Waals surface area (Å²) < 4.78 is 1.49. The van der Waals surface area contributed by atoms with Gasteiger partial charge in [0.1, 0.15) is 0 Å². The molecule has 0 aromatic carbocycles. The number of nitrogens with one attached hydrogen (secondary N) is 1. The third kappa shape index (κ3) is 7.79. The molecule has 6 nitrogen and oxygen atoms in total. The molecule has 3 rings (SSSR count). The van der Waals surface area contributed by atoms with Crippen LogP contribution >= 0.6 is 55.1 Å². The number of hydrogen-bond donors (Lipinski definition) is 1. The normalized spacial score (nSPS) is 8.77. The molecular formula is C14H9Br3Cl2MgN4O2. The smallest absolute Gasteiger partial charge is 1.00 e. The molecule has 0 spiro atoms. The van der Waals surface area contributed by atoms with Crippen LogP contribution in [0.2, 0.25) is 10.3 Å². The zero-order chi connectivity index (χ0) is 18.3. The molecule has 0 saturated heterocycles. The molecule has 0 unspecified atom stereocenters. The van der Waals surface area contributed by atoms with Crippen molar-refractivity contribution in [2.45, 2.75) is 0 Å². The summed E-state index contributed by atoms with van der Waals surface area (Å²) in [4.78, 5) is 20.2. The van der Waals surface area contributed by atoms with Crippen molar-refractivity contribution in [3.63, 3.8) is 0 Å². The number of fused-ring (bicyclic) bond motifs is 1. The zero-order valence-electron chi connectivity index (χ0n) is 12.9. The van der Waals surface area contributed by atoms with Crippen LogP contribution in [0.5, 0.6) is 0 Å². The fourth-order valence-electron chi connectivity index (χ4n) is 1.53. The summed E-state index contributed by atoms with van der Waals surface area (Å²) in [5, 5.41) is 11.7.